The Kier molecular flexibility index (Phi) is 3.33. The zero-order chi connectivity index (χ0) is 9.84. The highest BCUT2D eigenvalue weighted by molar-refractivity contribution is 5.39. The highest BCUT2D eigenvalue weighted by atomic mass is 14.9. The molecule has 0 aromatic heterocycles. The summed E-state index contributed by atoms with van der Waals surface area (Å²) in [6.45, 7) is 6.48. The molecule has 2 atom stereocenters. The molecule has 0 bridgehead atoms. The van der Waals surface area contributed by atoms with E-state index in [1.165, 1.54) is 11.1 Å². The van der Waals surface area contributed by atoms with E-state index < -0.39 is 0 Å². The maximum Gasteiger partial charge on any atom is 0.0408 e. The maximum absolute atomic E-state index is 3.26. The summed E-state index contributed by atoms with van der Waals surface area (Å²) < 4.78 is 0. The summed E-state index contributed by atoms with van der Waals surface area (Å²) in [6.07, 6.45) is 4.03. The standard InChI is InChI=1S/C12H17N/c1-9-7-5-6-8-10(2)12(9)11(3)13-4/h5,7,10-11,13H,1-4H3. The summed E-state index contributed by atoms with van der Waals surface area (Å²) in [6, 6.07) is 0.409. The van der Waals surface area contributed by atoms with Gasteiger partial charge in [0.25, 0.3) is 0 Å². The number of hydrogen-bond donors (Lipinski definition) is 1. The molecule has 0 saturated heterocycles. The maximum atomic E-state index is 3.26. The van der Waals surface area contributed by atoms with E-state index >= 15 is 0 Å². The van der Waals surface area contributed by atoms with E-state index in [-0.39, 0.29) is 0 Å². The Bertz CT molecular complexity index is 299. The van der Waals surface area contributed by atoms with Crippen molar-refractivity contribution in [2.75, 3.05) is 7.05 Å². The van der Waals surface area contributed by atoms with Crippen LogP contribution in [-0.2, 0) is 0 Å². The van der Waals surface area contributed by atoms with Gasteiger partial charge in [-0.25, -0.2) is 0 Å². The highest BCUT2D eigenvalue weighted by Crippen LogP contribution is 2.20. The molecule has 70 valence electrons. The molecule has 1 N–H and O–H groups in total. The molecule has 0 amide bonds. The van der Waals surface area contributed by atoms with Gasteiger partial charge in [-0.3, -0.25) is 0 Å². The van der Waals surface area contributed by atoms with Crippen molar-refractivity contribution in [1.29, 1.82) is 0 Å². The molecular formula is C12H17N. The molecule has 0 aromatic carbocycles. The van der Waals surface area contributed by atoms with Crippen LogP contribution in [0, 0.1) is 17.8 Å². The smallest absolute Gasteiger partial charge is 0.0408 e. The minimum absolute atomic E-state index is 0.359. The number of likely N-dealkylation sites (N-methyl/N-ethyl adjacent to an activating group) is 1. The van der Waals surface area contributed by atoms with Crippen LogP contribution in [0.1, 0.15) is 20.8 Å². The van der Waals surface area contributed by atoms with E-state index in [4.69, 9.17) is 0 Å². The van der Waals surface area contributed by atoms with Crippen molar-refractivity contribution in [3.8, 4) is 11.8 Å². The first kappa shape index (κ1) is 10.1. The van der Waals surface area contributed by atoms with Gasteiger partial charge in [-0.2, -0.15) is 0 Å². The lowest BCUT2D eigenvalue weighted by molar-refractivity contribution is 0.632. The summed E-state index contributed by atoms with van der Waals surface area (Å²) in [5.74, 6) is 6.60. The lowest BCUT2D eigenvalue weighted by Crippen LogP contribution is -2.27. The van der Waals surface area contributed by atoms with Crippen LogP contribution in [0.5, 0.6) is 0 Å². The van der Waals surface area contributed by atoms with Crippen molar-refractivity contribution in [3.05, 3.63) is 23.3 Å². The van der Waals surface area contributed by atoms with Gasteiger partial charge >= 0.3 is 0 Å². The Morgan fingerprint density at radius 3 is 2.85 bits per heavy atom. The normalized spacial score (nSPS) is 23.5. The van der Waals surface area contributed by atoms with Crippen molar-refractivity contribution >= 4 is 0 Å². The van der Waals surface area contributed by atoms with Crippen LogP contribution in [0.15, 0.2) is 23.3 Å². The van der Waals surface area contributed by atoms with Crippen LogP contribution >= 0.6 is 0 Å². The fourth-order valence-electron chi connectivity index (χ4n) is 1.73. The van der Waals surface area contributed by atoms with Gasteiger partial charge in [0.1, 0.15) is 0 Å². The number of nitrogens with one attached hydrogen (secondary N) is 1. The van der Waals surface area contributed by atoms with Crippen LogP contribution < -0.4 is 5.32 Å². The van der Waals surface area contributed by atoms with Gasteiger partial charge in [-0.15, -0.1) is 0 Å². The molecule has 0 heterocycles. The number of rotatable bonds is 2. The van der Waals surface area contributed by atoms with E-state index in [0.717, 1.165) is 0 Å². The zero-order valence-electron chi connectivity index (χ0n) is 8.81. The predicted octanol–water partition coefficient (Wildman–Crippen LogP) is 2.12. The molecule has 13 heavy (non-hydrogen) atoms. The Morgan fingerprint density at radius 2 is 2.23 bits per heavy atom. The molecular weight excluding hydrogens is 158 g/mol. The van der Waals surface area contributed by atoms with Gasteiger partial charge in [0.15, 0.2) is 0 Å². The summed E-state index contributed by atoms with van der Waals surface area (Å²) in [7, 11) is 1.99. The Labute approximate surface area is 80.9 Å². The van der Waals surface area contributed by atoms with Crippen LogP contribution in [0.4, 0.5) is 0 Å². The molecule has 0 spiro atoms. The molecule has 1 heteroatoms. The SMILES string of the molecule is CNC(C)C1=C(C)C=CC#CC1C. The largest absolute Gasteiger partial charge is 0.313 e. The molecule has 1 aliphatic rings. The van der Waals surface area contributed by atoms with Gasteiger partial charge in [-0.1, -0.05) is 17.9 Å². The molecule has 0 saturated carbocycles. The number of allylic oxidation sites excluding steroid dienone is 3. The minimum atomic E-state index is 0.359. The highest BCUT2D eigenvalue weighted by Gasteiger charge is 2.15. The molecule has 0 aliphatic heterocycles. The fraction of sp³-hybridized carbons (Fsp3) is 0.500. The monoisotopic (exact) mass is 175 g/mol. The Balaban J connectivity index is 3.02. The van der Waals surface area contributed by atoms with Gasteiger partial charge in [0.05, 0.1) is 0 Å². The lowest BCUT2D eigenvalue weighted by atomic mass is 9.92. The predicted molar refractivity (Wildman–Crippen MR) is 57.3 cm³/mol. The minimum Gasteiger partial charge on any atom is -0.313 e. The second-order valence-electron chi connectivity index (χ2n) is 3.49. The van der Waals surface area contributed by atoms with Crippen LogP contribution in [0.25, 0.3) is 0 Å². The van der Waals surface area contributed by atoms with Crippen molar-refractivity contribution in [2.45, 2.75) is 26.8 Å². The topological polar surface area (TPSA) is 12.0 Å². The second kappa shape index (κ2) is 4.30. The summed E-state index contributed by atoms with van der Waals surface area (Å²) >= 11 is 0. The van der Waals surface area contributed by atoms with Crippen molar-refractivity contribution in [1.82, 2.24) is 5.32 Å². The van der Waals surface area contributed by atoms with Crippen LogP contribution in [0.3, 0.4) is 0 Å². The van der Waals surface area contributed by atoms with Gasteiger partial charge in [0, 0.05) is 12.0 Å². The zero-order valence-corrected chi connectivity index (χ0v) is 8.81. The van der Waals surface area contributed by atoms with Gasteiger partial charge in [0.2, 0.25) is 0 Å². The van der Waals surface area contributed by atoms with E-state index in [1.54, 1.807) is 0 Å². The lowest BCUT2D eigenvalue weighted by Gasteiger charge is -2.19. The Hall–Kier alpha value is -1.00. The molecule has 1 aliphatic carbocycles. The average Bonchev–Trinajstić information content (AvgIpc) is 2.27. The van der Waals surface area contributed by atoms with Crippen LogP contribution in [-0.4, -0.2) is 13.1 Å². The molecule has 0 fully saturated rings. The van der Waals surface area contributed by atoms with E-state index in [0.29, 0.717) is 12.0 Å². The molecule has 1 rings (SSSR count). The van der Waals surface area contributed by atoms with Crippen LogP contribution in [0.2, 0.25) is 0 Å². The average molecular weight is 175 g/mol. The first-order valence-electron chi connectivity index (χ1n) is 4.72. The molecule has 0 radical (unpaired) electrons. The van der Waals surface area contributed by atoms with Gasteiger partial charge < -0.3 is 5.32 Å². The number of hydrogen-bond acceptors (Lipinski definition) is 1. The van der Waals surface area contributed by atoms with E-state index in [1.807, 2.05) is 13.1 Å². The van der Waals surface area contributed by atoms with Crippen molar-refractivity contribution in [3.63, 3.8) is 0 Å². The Morgan fingerprint density at radius 1 is 1.54 bits per heavy atom. The first-order chi connectivity index (χ1) is 6.16. The summed E-state index contributed by atoms with van der Waals surface area (Å²) in [5.41, 5.74) is 2.73. The summed E-state index contributed by atoms with van der Waals surface area (Å²) in [5, 5.41) is 3.26. The third-order valence-electron chi connectivity index (χ3n) is 2.54. The van der Waals surface area contributed by atoms with Crippen molar-refractivity contribution < 1.29 is 0 Å². The van der Waals surface area contributed by atoms with Crippen molar-refractivity contribution in [2.24, 2.45) is 5.92 Å². The molecule has 2 unspecified atom stereocenters. The molecule has 1 nitrogen and oxygen atoms in total. The summed E-state index contributed by atoms with van der Waals surface area (Å²) in [4.78, 5) is 0. The van der Waals surface area contributed by atoms with E-state index in [2.05, 4.69) is 44.0 Å². The fourth-order valence-corrected chi connectivity index (χ4v) is 1.73. The van der Waals surface area contributed by atoms with Gasteiger partial charge in [-0.05, 0) is 45.0 Å². The van der Waals surface area contributed by atoms with E-state index in [9.17, 15) is 0 Å². The third-order valence-corrected chi connectivity index (χ3v) is 2.54. The molecule has 0 aromatic rings. The second-order valence-corrected chi connectivity index (χ2v) is 3.49. The quantitative estimate of drug-likeness (QED) is 0.634. The third kappa shape index (κ3) is 2.23. The first-order valence-corrected chi connectivity index (χ1v) is 4.72.